The van der Waals surface area contributed by atoms with Gasteiger partial charge in [0.05, 0.1) is 27.2 Å². The predicted molar refractivity (Wildman–Crippen MR) is 119 cm³/mol. The Morgan fingerprint density at radius 3 is 2.67 bits per heavy atom. The minimum atomic E-state index is -0.0978. The summed E-state index contributed by atoms with van der Waals surface area (Å²) in [7, 11) is 0. The van der Waals surface area contributed by atoms with Crippen LogP contribution in [-0.2, 0) is 5.75 Å². The van der Waals surface area contributed by atoms with E-state index in [4.69, 9.17) is 9.51 Å². The van der Waals surface area contributed by atoms with E-state index in [1.165, 1.54) is 11.8 Å². The molecule has 3 aromatic heterocycles. The van der Waals surface area contributed by atoms with Gasteiger partial charge >= 0.3 is 0 Å². The zero-order chi connectivity index (χ0) is 20.5. The normalized spacial score (nSPS) is 11.2. The predicted octanol–water partition coefficient (Wildman–Crippen LogP) is 5.10. The molecule has 6 nitrogen and oxygen atoms in total. The molecule has 0 aliphatic rings. The highest BCUT2D eigenvalue weighted by molar-refractivity contribution is 7.98. The van der Waals surface area contributed by atoms with Crippen LogP contribution in [0.3, 0.4) is 0 Å². The summed E-state index contributed by atoms with van der Waals surface area (Å²) in [6.45, 7) is 2.02. The van der Waals surface area contributed by atoms with Crippen molar-refractivity contribution in [3.05, 3.63) is 87.8 Å². The van der Waals surface area contributed by atoms with E-state index < -0.39 is 0 Å². The van der Waals surface area contributed by atoms with Crippen LogP contribution in [0, 0.1) is 6.92 Å². The van der Waals surface area contributed by atoms with Crippen molar-refractivity contribution in [1.82, 2.24) is 19.7 Å². The van der Waals surface area contributed by atoms with Gasteiger partial charge in [0.1, 0.15) is 0 Å². The summed E-state index contributed by atoms with van der Waals surface area (Å²) in [6.07, 6.45) is 0. The molecule has 3 heterocycles. The number of aryl methyl sites for hydroxylation is 1. The van der Waals surface area contributed by atoms with Gasteiger partial charge in [0, 0.05) is 0 Å². The second-order valence-corrected chi connectivity index (χ2v) is 8.56. The number of hydrogen-bond acceptors (Lipinski definition) is 7. The third-order valence-corrected chi connectivity index (χ3v) is 6.36. The third kappa shape index (κ3) is 3.55. The van der Waals surface area contributed by atoms with Gasteiger partial charge in [-0.05, 0) is 42.6 Å². The van der Waals surface area contributed by atoms with E-state index in [1.807, 2.05) is 66.9 Å². The van der Waals surface area contributed by atoms with Crippen LogP contribution in [0.4, 0.5) is 0 Å². The third-order valence-electron chi connectivity index (χ3n) is 4.57. The smallest absolute Gasteiger partial charge is 0.268 e. The average molecular weight is 433 g/mol. The summed E-state index contributed by atoms with van der Waals surface area (Å²) >= 11 is 2.96. The van der Waals surface area contributed by atoms with Crippen molar-refractivity contribution in [2.45, 2.75) is 17.8 Å². The van der Waals surface area contributed by atoms with Gasteiger partial charge in [0.15, 0.2) is 11.0 Å². The molecule has 0 bridgehead atoms. The highest BCUT2D eigenvalue weighted by Gasteiger charge is 2.15. The molecular formula is C22H16N4O2S2. The summed E-state index contributed by atoms with van der Waals surface area (Å²) < 4.78 is 7.01. The molecule has 0 spiro atoms. The van der Waals surface area contributed by atoms with Crippen molar-refractivity contribution in [1.29, 1.82) is 0 Å². The standard InChI is InChI=1S/C22H16N4O2S2/c1-14-8-10-15(11-9-14)26-21(27)16-5-2-3-6-17(16)23-22(26)30-13-19-24-20(28-25-19)18-7-4-12-29-18/h2-12H,13H2,1H3. The molecule has 0 aliphatic heterocycles. The largest absolute Gasteiger partial charge is 0.333 e. The Bertz CT molecular complexity index is 1370. The van der Waals surface area contributed by atoms with Crippen LogP contribution in [0.15, 0.2) is 80.5 Å². The number of nitrogens with zero attached hydrogens (tertiary/aromatic N) is 4. The van der Waals surface area contributed by atoms with Gasteiger partial charge in [-0.1, -0.05) is 52.8 Å². The molecule has 0 fully saturated rings. The molecule has 0 aliphatic carbocycles. The van der Waals surface area contributed by atoms with Crippen molar-refractivity contribution in [3.63, 3.8) is 0 Å². The Hall–Kier alpha value is -3.23. The first-order valence-corrected chi connectivity index (χ1v) is 11.1. The molecule has 2 aromatic carbocycles. The second-order valence-electron chi connectivity index (χ2n) is 6.67. The molecule has 0 saturated carbocycles. The summed E-state index contributed by atoms with van der Waals surface area (Å²) in [5.41, 5.74) is 2.47. The summed E-state index contributed by atoms with van der Waals surface area (Å²) in [5.74, 6) is 1.50. The molecule has 0 unspecified atom stereocenters. The quantitative estimate of drug-likeness (QED) is 0.284. The van der Waals surface area contributed by atoms with Crippen molar-refractivity contribution in [2.24, 2.45) is 0 Å². The number of hydrogen-bond donors (Lipinski definition) is 0. The first-order chi connectivity index (χ1) is 14.7. The van der Waals surface area contributed by atoms with Crippen LogP contribution >= 0.6 is 23.1 Å². The molecule has 0 atom stereocenters. The fraction of sp³-hybridized carbons (Fsp3) is 0.0909. The molecule has 5 rings (SSSR count). The number of thiophene rings is 1. The molecule has 0 saturated heterocycles. The van der Waals surface area contributed by atoms with E-state index in [0.29, 0.717) is 33.5 Å². The lowest BCUT2D eigenvalue weighted by Gasteiger charge is -2.13. The Balaban J connectivity index is 1.53. The SMILES string of the molecule is Cc1ccc(-n2c(SCc3noc(-c4cccs4)n3)nc3ccccc3c2=O)cc1. The van der Waals surface area contributed by atoms with Crippen LogP contribution in [0.2, 0.25) is 0 Å². The van der Waals surface area contributed by atoms with Gasteiger partial charge < -0.3 is 4.52 Å². The Morgan fingerprint density at radius 2 is 1.87 bits per heavy atom. The van der Waals surface area contributed by atoms with E-state index in [-0.39, 0.29) is 5.56 Å². The molecule has 0 N–H and O–H groups in total. The maximum absolute atomic E-state index is 13.3. The van der Waals surface area contributed by atoms with Gasteiger partial charge in [-0.25, -0.2) is 4.98 Å². The van der Waals surface area contributed by atoms with Crippen molar-refractivity contribution in [2.75, 3.05) is 0 Å². The van der Waals surface area contributed by atoms with Gasteiger partial charge in [-0.2, -0.15) is 4.98 Å². The number of fused-ring (bicyclic) bond motifs is 1. The van der Waals surface area contributed by atoms with E-state index in [1.54, 1.807) is 22.0 Å². The maximum atomic E-state index is 13.3. The highest BCUT2D eigenvalue weighted by Crippen LogP contribution is 2.26. The first kappa shape index (κ1) is 18.8. The van der Waals surface area contributed by atoms with Gasteiger partial charge in [-0.3, -0.25) is 9.36 Å². The van der Waals surface area contributed by atoms with Crippen LogP contribution < -0.4 is 5.56 Å². The van der Waals surface area contributed by atoms with Crippen LogP contribution in [-0.4, -0.2) is 19.7 Å². The lowest BCUT2D eigenvalue weighted by Crippen LogP contribution is -2.21. The fourth-order valence-electron chi connectivity index (χ4n) is 3.07. The number of para-hydroxylation sites is 1. The topological polar surface area (TPSA) is 73.8 Å². The zero-order valence-electron chi connectivity index (χ0n) is 16.0. The monoisotopic (exact) mass is 432 g/mol. The lowest BCUT2D eigenvalue weighted by molar-refractivity contribution is 0.426. The Kier molecular flexibility index (Phi) is 4.94. The molecule has 5 aromatic rings. The summed E-state index contributed by atoms with van der Waals surface area (Å²) in [6, 6.07) is 19.1. The van der Waals surface area contributed by atoms with Crippen LogP contribution in [0.5, 0.6) is 0 Å². The Morgan fingerprint density at radius 1 is 1.03 bits per heavy atom. The number of rotatable bonds is 5. The summed E-state index contributed by atoms with van der Waals surface area (Å²) in [5, 5.41) is 7.21. The number of benzene rings is 2. The Labute approximate surface area is 180 Å². The molecule has 8 heteroatoms. The lowest BCUT2D eigenvalue weighted by atomic mass is 10.2. The molecule has 30 heavy (non-hydrogen) atoms. The average Bonchev–Trinajstić information content (AvgIpc) is 3.45. The van der Waals surface area contributed by atoms with E-state index in [0.717, 1.165) is 16.1 Å². The number of aromatic nitrogens is 4. The zero-order valence-corrected chi connectivity index (χ0v) is 17.6. The van der Waals surface area contributed by atoms with E-state index >= 15 is 0 Å². The van der Waals surface area contributed by atoms with Gasteiger partial charge in [-0.15, -0.1) is 11.3 Å². The maximum Gasteiger partial charge on any atom is 0.268 e. The molecule has 0 amide bonds. The fourth-order valence-corrected chi connectivity index (χ4v) is 4.57. The van der Waals surface area contributed by atoms with Crippen molar-refractivity contribution in [3.8, 4) is 16.5 Å². The molecule has 148 valence electrons. The molecule has 0 radical (unpaired) electrons. The van der Waals surface area contributed by atoms with Gasteiger partial charge in [0.25, 0.3) is 11.4 Å². The van der Waals surface area contributed by atoms with E-state index in [2.05, 4.69) is 10.1 Å². The van der Waals surface area contributed by atoms with Crippen molar-refractivity contribution < 1.29 is 4.52 Å². The first-order valence-electron chi connectivity index (χ1n) is 9.27. The molecular weight excluding hydrogens is 416 g/mol. The highest BCUT2D eigenvalue weighted by atomic mass is 32.2. The number of thioether (sulfide) groups is 1. The van der Waals surface area contributed by atoms with Gasteiger partial charge in [0.2, 0.25) is 0 Å². The van der Waals surface area contributed by atoms with Crippen LogP contribution in [0.1, 0.15) is 11.4 Å². The van der Waals surface area contributed by atoms with Crippen molar-refractivity contribution >= 4 is 34.0 Å². The second kappa shape index (κ2) is 7.89. The minimum Gasteiger partial charge on any atom is -0.333 e. The minimum absolute atomic E-state index is 0.0978. The summed E-state index contributed by atoms with van der Waals surface area (Å²) in [4.78, 5) is 23.4. The van der Waals surface area contributed by atoms with E-state index in [9.17, 15) is 4.79 Å². The van der Waals surface area contributed by atoms with Crippen LogP contribution in [0.25, 0.3) is 27.4 Å².